The monoisotopic (exact) mass is 466 g/mol. The SMILES string of the molecule is CC1=C(CC2OC2(C)CCC[C@H](C)CCC[C@H](C)CCCC(C)C)C(=O)c2ccccc2C1=O. The van der Waals surface area contributed by atoms with Crippen molar-refractivity contribution < 1.29 is 14.3 Å². The molecule has 1 fully saturated rings. The zero-order valence-electron chi connectivity index (χ0n) is 22.4. The lowest BCUT2D eigenvalue weighted by Crippen LogP contribution is -2.23. The summed E-state index contributed by atoms with van der Waals surface area (Å²) in [6.07, 6.45) is 12.1. The van der Waals surface area contributed by atoms with Crippen LogP contribution in [0.25, 0.3) is 0 Å². The van der Waals surface area contributed by atoms with Crippen LogP contribution >= 0.6 is 0 Å². The quantitative estimate of drug-likeness (QED) is 0.259. The third kappa shape index (κ3) is 6.90. The van der Waals surface area contributed by atoms with E-state index in [2.05, 4.69) is 34.6 Å². The largest absolute Gasteiger partial charge is 0.366 e. The Balaban J connectivity index is 1.37. The molecule has 3 rings (SSSR count). The van der Waals surface area contributed by atoms with Crippen LogP contribution in [0.2, 0.25) is 0 Å². The highest BCUT2D eigenvalue weighted by atomic mass is 16.6. The molecule has 0 bridgehead atoms. The molecule has 0 radical (unpaired) electrons. The summed E-state index contributed by atoms with van der Waals surface area (Å²) in [5.74, 6) is 2.41. The molecule has 1 aromatic rings. The van der Waals surface area contributed by atoms with Gasteiger partial charge in [-0.3, -0.25) is 9.59 Å². The van der Waals surface area contributed by atoms with Gasteiger partial charge in [0.15, 0.2) is 11.6 Å². The highest BCUT2D eigenvalue weighted by Gasteiger charge is 2.52. The molecule has 1 aliphatic heterocycles. The first-order chi connectivity index (χ1) is 16.1. The minimum Gasteiger partial charge on any atom is -0.366 e. The van der Waals surface area contributed by atoms with Crippen molar-refractivity contribution >= 4 is 11.6 Å². The number of benzene rings is 1. The molecule has 4 atom stereocenters. The van der Waals surface area contributed by atoms with Crippen molar-refractivity contribution in [2.75, 3.05) is 0 Å². The summed E-state index contributed by atoms with van der Waals surface area (Å²) in [5.41, 5.74) is 2.16. The maximum atomic E-state index is 13.0. The standard InChI is InChI=1S/C31H46O3/c1-21(2)12-9-13-22(3)14-10-15-23(4)16-11-19-31(6)28(34-31)20-27-24(5)29(32)25-17-7-8-18-26(25)30(27)33/h7-8,17-18,21-23,28H,9-16,19-20H2,1-6H3/t22-,23-,28?,31?/m1/s1. The van der Waals surface area contributed by atoms with E-state index in [1.807, 2.05) is 12.1 Å². The second-order valence-corrected chi connectivity index (χ2v) is 11.8. The maximum Gasteiger partial charge on any atom is 0.190 e. The predicted octanol–water partition coefficient (Wildman–Crippen LogP) is 8.37. The smallest absolute Gasteiger partial charge is 0.190 e. The number of epoxide rings is 1. The molecular formula is C31H46O3. The highest BCUT2D eigenvalue weighted by Crippen LogP contribution is 2.45. The third-order valence-corrected chi connectivity index (χ3v) is 8.15. The molecule has 2 unspecified atom stereocenters. The van der Waals surface area contributed by atoms with Gasteiger partial charge in [0.2, 0.25) is 0 Å². The van der Waals surface area contributed by atoms with Crippen molar-refractivity contribution in [1.82, 2.24) is 0 Å². The normalized spacial score (nSPS) is 23.9. The molecule has 0 aromatic heterocycles. The van der Waals surface area contributed by atoms with Crippen molar-refractivity contribution in [3.63, 3.8) is 0 Å². The molecule has 2 aliphatic rings. The van der Waals surface area contributed by atoms with Crippen molar-refractivity contribution in [3.05, 3.63) is 46.5 Å². The van der Waals surface area contributed by atoms with Gasteiger partial charge in [-0.15, -0.1) is 0 Å². The number of ether oxygens (including phenoxy) is 1. The van der Waals surface area contributed by atoms with E-state index in [0.717, 1.165) is 30.6 Å². The van der Waals surface area contributed by atoms with E-state index in [4.69, 9.17) is 4.74 Å². The topological polar surface area (TPSA) is 46.7 Å². The average molecular weight is 467 g/mol. The summed E-state index contributed by atoms with van der Waals surface area (Å²) < 4.78 is 6.08. The van der Waals surface area contributed by atoms with Crippen LogP contribution in [0.5, 0.6) is 0 Å². The van der Waals surface area contributed by atoms with Crippen LogP contribution in [0, 0.1) is 17.8 Å². The van der Waals surface area contributed by atoms with E-state index in [1.165, 1.54) is 44.9 Å². The number of hydrogen-bond acceptors (Lipinski definition) is 3. The van der Waals surface area contributed by atoms with Crippen molar-refractivity contribution in [1.29, 1.82) is 0 Å². The number of fused-ring (bicyclic) bond motifs is 1. The van der Waals surface area contributed by atoms with Gasteiger partial charge in [-0.05, 0) is 38.0 Å². The van der Waals surface area contributed by atoms with E-state index in [1.54, 1.807) is 19.1 Å². The van der Waals surface area contributed by atoms with Crippen molar-refractivity contribution in [3.8, 4) is 0 Å². The van der Waals surface area contributed by atoms with Crippen LogP contribution < -0.4 is 0 Å². The first kappa shape index (κ1) is 26.9. The van der Waals surface area contributed by atoms with Gasteiger partial charge in [0.1, 0.15) is 0 Å². The predicted molar refractivity (Wildman–Crippen MR) is 140 cm³/mol. The molecule has 3 heteroatoms. The Morgan fingerprint density at radius 1 is 0.824 bits per heavy atom. The number of allylic oxidation sites excluding steroid dienone is 1. The summed E-state index contributed by atoms with van der Waals surface area (Å²) in [5, 5.41) is 0. The van der Waals surface area contributed by atoms with Crippen LogP contribution in [0.4, 0.5) is 0 Å². The Hall–Kier alpha value is -1.74. The molecular weight excluding hydrogens is 420 g/mol. The number of ketones is 2. The number of carbonyl (C=O) groups is 2. The van der Waals surface area contributed by atoms with Crippen LogP contribution in [-0.2, 0) is 4.74 Å². The third-order valence-electron chi connectivity index (χ3n) is 8.15. The summed E-state index contributed by atoms with van der Waals surface area (Å²) >= 11 is 0. The number of hydrogen-bond donors (Lipinski definition) is 0. The Morgan fingerprint density at radius 3 is 1.94 bits per heavy atom. The minimum absolute atomic E-state index is 0.00222. The van der Waals surface area contributed by atoms with Crippen molar-refractivity contribution in [2.45, 2.75) is 117 Å². The molecule has 1 aliphatic carbocycles. The van der Waals surface area contributed by atoms with Gasteiger partial charge in [0.05, 0.1) is 11.7 Å². The fourth-order valence-electron chi connectivity index (χ4n) is 5.53. The molecule has 0 saturated carbocycles. The first-order valence-corrected chi connectivity index (χ1v) is 13.7. The first-order valence-electron chi connectivity index (χ1n) is 13.7. The summed E-state index contributed by atoms with van der Waals surface area (Å²) in [7, 11) is 0. The highest BCUT2D eigenvalue weighted by molar-refractivity contribution is 6.26. The summed E-state index contributed by atoms with van der Waals surface area (Å²) in [6.45, 7) is 13.4. The van der Waals surface area contributed by atoms with E-state index in [-0.39, 0.29) is 23.3 Å². The Kier molecular flexibility index (Phi) is 9.32. The Bertz CT molecular complexity index is 896. The van der Waals surface area contributed by atoms with E-state index in [0.29, 0.717) is 28.7 Å². The molecule has 1 heterocycles. The number of rotatable bonds is 14. The van der Waals surface area contributed by atoms with Gasteiger partial charge in [0.25, 0.3) is 0 Å². The fraction of sp³-hybridized carbons (Fsp3) is 0.677. The Morgan fingerprint density at radius 2 is 1.35 bits per heavy atom. The van der Waals surface area contributed by atoms with Gasteiger partial charge in [-0.25, -0.2) is 0 Å². The van der Waals surface area contributed by atoms with E-state index >= 15 is 0 Å². The lowest BCUT2D eigenvalue weighted by atomic mass is 9.81. The van der Waals surface area contributed by atoms with Crippen LogP contribution in [0.1, 0.15) is 126 Å². The second-order valence-electron chi connectivity index (χ2n) is 11.8. The fourth-order valence-corrected chi connectivity index (χ4v) is 5.53. The molecule has 188 valence electrons. The van der Waals surface area contributed by atoms with Gasteiger partial charge in [-0.1, -0.05) is 103 Å². The molecule has 1 aromatic carbocycles. The molecule has 3 nitrogen and oxygen atoms in total. The second kappa shape index (κ2) is 11.8. The Labute approximate surface area is 207 Å². The zero-order chi connectivity index (χ0) is 24.9. The van der Waals surface area contributed by atoms with Crippen LogP contribution in [0.15, 0.2) is 35.4 Å². The summed E-state index contributed by atoms with van der Waals surface area (Å²) in [4.78, 5) is 25.8. The number of carbonyl (C=O) groups excluding carboxylic acids is 2. The molecule has 0 spiro atoms. The molecule has 0 N–H and O–H groups in total. The average Bonchev–Trinajstić information content (AvgIpc) is 3.43. The van der Waals surface area contributed by atoms with E-state index < -0.39 is 0 Å². The van der Waals surface area contributed by atoms with Crippen LogP contribution in [-0.4, -0.2) is 23.3 Å². The maximum absolute atomic E-state index is 13.0. The van der Waals surface area contributed by atoms with Crippen molar-refractivity contribution in [2.24, 2.45) is 17.8 Å². The molecule has 0 amide bonds. The van der Waals surface area contributed by atoms with Gasteiger partial charge >= 0.3 is 0 Å². The zero-order valence-corrected chi connectivity index (χ0v) is 22.4. The van der Waals surface area contributed by atoms with Crippen LogP contribution in [0.3, 0.4) is 0 Å². The molecule has 1 saturated heterocycles. The summed E-state index contributed by atoms with van der Waals surface area (Å²) in [6, 6.07) is 7.17. The minimum atomic E-state index is -0.155. The lowest BCUT2D eigenvalue weighted by molar-refractivity contribution is 0.0970. The number of Topliss-reactive ketones (excluding diaryl/α,β-unsaturated/α-hetero) is 2. The van der Waals surface area contributed by atoms with E-state index in [9.17, 15) is 9.59 Å². The van der Waals surface area contributed by atoms with Gasteiger partial charge in [0, 0.05) is 28.7 Å². The molecule has 34 heavy (non-hydrogen) atoms. The van der Waals surface area contributed by atoms with Gasteiger partial charge < -0.3 is 4.74 Å². The van der Waals surface area contributed by atoms with Gasteiger partial charge in [-0.2, -0.15) is 0 Å². The lowest BCUT2D eigenvalue weighted by Gasteiger charge is -2.19.